The summed E-state index contributed by atoms with van der Waals surface area (Å²) in [4.78, 5) is 10.1. The van der Waals surface area contributed by atoms with E-state index in [2.05, 4.69) is 27.4 Å². The summed E-state index contributed by atoms with van der Waals surface area (Å²) in [5, 5.41) is 6.17. The van der Waals surface area contributed by atoms with Crippen LogP contribution in [0, 0.1) is 12.8 Å². The fourth-order valence-electron chi connectivity index (χ4n) is 2.81. The van der Waals surface area contributed by atoms with Crippen molar-refractivity contribution in [2.75, 3.05) is 0 Å². The quantitative estimate of drug-likeness (QED) is 0.718. The number of aromatic nitrogens is 3. The van der Waals surface area contributed by atoms with Crippen LogP contribution in [0.15, 0.2) is 20.7 Å². The Hall–Kier alpha value is -1.95. The number of hydrogen-bond acceptors (Lipinski definition) is 6. The van der Waals surface area contributed by atoms with Gasteiger partial charge in [-0.1, -0.05) is 12.1 Å². The summed E-state index contributed by atoms with van der Waals surface area (Å²) < 4.78 is 10.6. The van der Waals surface area contributed by atoms with E-state index in [1.54, 1.807) is 11.3 Å². The molecule has 3 aromatic rings. The van der Waals surface area contributed by atoms with Gasteiger partial charge in [-0.05, 0) is 37.7 Å². The molecular weight excluding hydrogens is 286 g/mol. The third-order valence-corrected chi connectivity index (χ3v) is 5.07. The molecule has 0 amide bonds. The molecule has 1 unspecified atom stereocenters. The van der Waals surface area contributed by atoms with Gasteiger partial charge >= 0.3 is 0 Å². The summed E-state index contributed by atoms with van der Waals surface area (Å²) in [7, 11) is 0. The van der Waals surface area contributed by atoms with Crippen molar-refractivity contribution in [1.82, 2.24) is 15.1 Å². The highest BCUT2D eigenvalue weighted by Crippen LogP contribution is 2.38. The van der Waals surface area contributed by atoms with Crippen LogP contribution in [0.3, 0.4) is 0 Å². The van der Waals surface area contributed by atoms with Gasteiger partial charge in [0.1, 0.15) is 5.76 Å². The van der Waals surface area contributed by atoms with Gasteiger partial charge in [-0.15, -0.1) is 11.3 Å². The van der Waals surface area contributed by atoms with Crippen molar-refractivity contribution in [3.63, 3.8) is 0 Å². The van der Waals surface area contributed by atoms with Crippen molar-refractivity contribution in [2.45, 2.75) is 33.1 Å². The molecule has 0 aromatic carbocycles. The molecule has 0 N–H and O–H groups in total. The summed E-state index contributed by atoms with van der Waals surface area (Å²) in [5.74, 6) is 2.53. The van der Waals surface area contributed by atoms with Gasteiger partial charge in [0.05, 0.1) is 5.56 Å². The molecule has 3 aromatic heterocycles. The van der Waals surface area contributed by atoms with E-state index in [-0.39, 0.29) is 0 Å². The summed E-state index contributed by atoms with van der Waals surface area (Å²) in [6.07, 6.45) is 4.87. The van der Waals surface area contributed by atoms with Crippen molar-refractivity contribution in [3.05, 3.63) is 28.0 Å². The highest BCUT2D eigenvalue weighted by atomic mass is 32.1. The van der Waals surface area contributed by atoms with E-state index in [1.165, 1.54) is 23.3 Å². The first-order valence-corrected chi connectivity index (χ1v) is 7.94. The second-order valence-electron chi connectivity index (χ2n) is 5.58. The zero-order valence-corrected chi connectivity index (χ0v) is 12.7. The molecule has 6 heteroatoms. The Bertz CT molecular complexity index is 787. The minimum Gasteiger partial charge on any atom is -0.448 e. The van der Waals surface area contributed by atoms with Gasteiger partial charge in [-0.2, -0.15) is 4.98 Å². The third kappa shape index (κ3) is 2.10. The van der Waals surface area contributed by atoms with Gasteiger partial charge in [-0.3, -0.25) is 0 Å². The molecule has 0 saturated carbocycles. The molecule has 0 saturated heterocycles. The first-order valence-electron chi connectivity index (χ1n) is 7.06. The van der Waals surface area contributed by atoms with Crippen LogP contribution in [-0.2, 0) is 12.8 Å². The van der Waals surface area contributed by atoms with Gasteiger partial charge in [0.15, 0.2) is 12.1 Å². The van der Waals surface area contributed by atoms with E-state index < -0.39 is 0 Å². The zero-order chi connectivity index (χ0) is 14.4. The van der Waals surface area contributed by atoms with Crippen LogP contribution in [0.1, 0.15) is 29.5 Å². The molecular formula is C15H15N3O2S. The second-order valence-corrected chi connectivity index (χ2v) is 6.54. The molecule has 1 aliphatic rings. The molecule has 5 nitrogen and oxygen atoms in total. The molecule has 21 heavy (non-hydrogen) atoms. The van der Waals surface area contributed by atoms with Crippen molar-refractivity contribution >= 4 is 11.3 Å². The van der Waals surface area contributed by atoms with Gasteiger partial charge in [-0.25, -0.2) is 4.98 Å². The molecule has 0 spiro atoms. The van der Waals surface area contributed by atoms with E-state index in [4.69, 9.17) is 8.94 Å². The van der Waals surface area contributed by atoms with Crippen LogP contribution >= 0.6 is 11.3 Å². The summed E-state index contributed by atoms with van der Waals surface area (Å²) >= 11 is 1.80. The SMILES string of the molecule is Cc1ocnc1-c1noc(-c2csc3c2CCC(C)C3)n1. The Kier molecular flexibility index (Phi) is 2.92. The molecule has 4 rings (SSSR count). The Morgan fingerprint density at radius 3 is 3.10 bits per heavy atom. The average Bonchev–Trinajstić information content (AvgIpc) is 3.16. The summed E-state index contributed by atoms with van der Waals surface area (Å²) in [5.41, 5.74) is 3.11. The molecule has 1 atom stereocenters. The maximum Gasteiger partial charge on any atom is 0.259 e. The second kappa shape index (κ2) is 4.80. The first-order chi connectivity index (χ1) is 10.2. The van der Waals surface area contributed by atoms with E-state index >= 15 is 0 Å². The smallest absolute Gasteiger partial charge is 0.259 e. The summed E-state index contributed by atoms with van der Waals surface area (Å²) in [6.45, 7) is 4.15. The largest absolute Gasteiger partial charge is 0.448 e. The predicted octanol–water partition coefficient (Wildman–Crippen LogP) is 3.89. The normalized spacial score (nSPS) is 17.9. The predicted molar refractivity (Wildman–Crippen MR) is 79.0 cm³/mol. The molecule has 0 fully saturated rings. The molecule has 0 bridgehead atoms. The topological polar surface area (TPSA) is 65.0 Å². The van der Waals surface area contributed by atoms with Crippen LogP contribution in [0.25, 0.3) is 23.0 Å². The highest BCUT2D eigenvalue weighted by Gasteiger charge is 2.24. The number of aryl methyl sites for hydroxylation is 1. The number of nitrogens with zero attached hydrogens (tertiary/aromatic N) is 3. The molecule has 0 aliphatic heterocycles. The number of fused-ring (bicyclic) bond motifs is 1. The van der Waals surface area contributed by atoms with E-state index in [1.807, 2.05) is 6.92 Å². The Balaban J connectivity index is 1.72. The van der Waals surface area contributed by atoms with Gasteiger partial charge in [0.25, 0.3) is 5.89 Å². The maximum atomic E-state index is 5.44. The number of rotatable bonds is 2. The van der Waals surface area contributed by atoms with E-state index in [0.29, 0.717) is 23.2 Å². The lowest BCUT2D eigenvalue weighted by molar-refractivity contribution is 0.431. The maximum absolute atomic E-state index is 5.44. The molecule has 1 aliphatic carbocycles. The molecule has 3 heterocycles. The van der Waals surface area contributed by atoms with Crippen LogP contribution in [0.4, 0.5) is 0 Å². The minimum absolute atomic E-state index is 0.486. The van der Waals surface area contributed by atoms with Crippen molar-refractivity contribution < 1.29 is 8.94 Å². The van der Waals surface area contributed by atoms with Crippen molar-refractivity contribution in [3.8, 4) is 23.0 Å². The zero-order valence-electron chi connectivity index (χ0n) is 11.9. The van der Waals surface area contributed by atoms with Crippen LogP contribution < -0.4 is 0 Å². The number of oxazole rings is 1. The Morgan fingerprint density at radius 2 is 2.29 bits per heavy atom. The third-order valence-electron chi connectivity index (χ3n) is 4.01. The van der Waals surface area contributed by atoms with Crippen LogP contribution in [-0.4, -0.2) is 15.1 Å². The number of hydrogen-bond donors (Lipinski definition) is 0. The Morgan fingerprint density at radius 1 is 1.38 bits per heavy atom. The Labute approximate surface area is 126 Å². The standard InChI is InChI=1S/C15H15N3O2S/c1-8-3-4-10-11(6-21-12(10)5-8)15-17-14(18-20-15)13-9(2)19-7-16-13/h6-8H,3-5H2,1-2H3. The lowest BCUT2D eigenvalue weighted by Crippen LogP contribution is -2.09. The lowest BCUT2D eigenvalue weighted by Gasteiger charge is -2.18. The lowest BCUT2D eigenvalue weighted by atomic mass is 9.88. The number of thiophene rings is 1. The average molecular weight is 301 g/mol. The molecule has 0 radical (unpaired) electrons. The first kappa shape index (κ1) is 12.8. The minimum atomic E-state index is 0.486. The van der Waals surface area contributed by atoms with Gasteiger partial charge < -0.3 is 8.94 Å². The van der Waals surface area contributed by atoms with E-state index in [0.717, 1.165) is 24.3 Å². The monoisotopic (exact) mass is 301 g/mol. The fraction of sp³-hybridized carbons (Fsp3) is 0.400. The highest BCUT2D eigenvalue weighted by molar-refractivity contribution is 7.10. The van der Waals surface area contributed by atoms with Crippen LogP contribution in [0.2, 0.25) is 0 Å². The van der Waals surface area contributed by atoms with Gasteiger partial charge in [0, 0.05) is 10.3 Å². The summed E-state index contributed by atoms with van der Waals surface area (Å²) in [6, 6.07) is 0. The fourth-order valence-corrected chi connectivity index (χ4v) is 4.04. The van der Waals surface area contributed by atoms with Crippen LogP contribution in [0.5, 0.6) is 0 Å². The molecule has 108 valence electrons. The van der Waals surface area contributed by atoms with Crippen molar-refractivity contribution in [2.24, 2.45) is 5.92 Å². The van der Waals surface area contributed by atoms with E-state index in [9.17, 15) is 0 Å². The van der Waals surface area contributed by atoms with Gasteiger partial charge in [0.2, 0.25) is 5.82 Å². The van der Waals surface area contributed by atoms with Crippen molar-refractivity contribution in [1.29, 1.82) is 0 Å².